The van der Waals surface area contributed by atoms with Crippen molar-refractivity contribution in [3.05, 3.63) is 30.3 Å². The Morgan fingerprint density at radius 3 is 2.58 bits per heavy atom. The number of ether oxygens (including phenoxy) is 2. The van der Waals surface area contributed by atoms with Crippen molar-refractivity contribution in [2.75, 3.05) is 47.0 Å². The van der Waals surface area contributed by atoms with Crippen molar-refractivity contribution in [3.8, 4) is 0 Å². The lowest BCUT2D eigenvalue weighted by Gasteiger charge is -2.40. The molecule has 24 heavy (non-hydrogen) atoms. The van der Waals surface area contributed by atoms with Gasteiger partial charge in [0.15, 0.2) is 0 Å². The molecule has 2 saturated heterocycles. The monoisotopic (exact) mass is 354 g/mol. The molecule has 1 aromatic carbocycles. The maximum atomic E-state index is 13.1. The third-order valence-corrected chi connectivity index (χ3v) is 7.09. The van der Waals surface area contributed by atoms with E-state index in [9.17, 15) is 8.42 Å². The Hall–Kier alpha value is -0.990. The highest BCUT2D eigenvalue weighted by Gasteiger charge is 2.48. The summed E-state index contributed by atoms with van der Waals surface area (Å²) in [6, 6.07) is 8.68. The molecule has 0 spiro atoms. The molecule has 0 bridgehead atoms. The first kappa shape index (κ1) is 17.8. The number of piperidine rings is 1. The van der Waals surface area contributed by atoms with Gasteiger partial charge in [-0.2, -0.15) is 4.31 Å². The van der Waals surface area contributed by atoms with Crippen molar-refractivity contribution in [1.82, 2.24) is 9.21 Å². The first-order chi connectivity index (χ1) is 11.6. The molecule has 0 amide bonds. The van der Waals surface area contributed by atoms with Crippen LogP contribution in [-0.4, -0.2) is 76.8 Å². The lowest BCUT2D eigenvalue weighted by Crippen LogP contribution is -2.53. The van der Waals surface area contributed by atoms with Crippen molar-refractivity contribution >= 4 is 10.0 Å². The predicted molar refractivity (Wildman–Crippen MR) is 91.3 cm³/mol. The van der Waals surface area contributed by atoms with E-state index in [2.05, 4.69) is 4.90 Å². The van der Waals surface area contributed by atoms with Crippen LogP contribution in [0.4, 0.5) is 0 Å². The smallest absolute Gasteiger partial charge is 0.243 e. The molecule has 3 rings (SSSR count). The van der Waals surface area contributed by atoms with E-state index >= 15 is 0 Å². The lowest BCUT2D eigenvalue weighted by molar-refractivity contribution is 0.00217. The van der Waals surface area contributed by atoms with E-state index in [1.54, 1.807) is 42.8 Å². The molecule has 0 aromatic heterocycles. The summed E-state index contributed by atoms with van der Waals surface area (Å²) in [6.45, 7) is 3.57. The van der Waals surface area contributed by atoms with Crippen LogP contribution in [-0.2, 0) is 19.5 Å². The minimum atomic E-state index is -3.47. The van der Waals surface area contributed by atoms with E-state index in [-0.39, 0.29) is 18.1 Å². The number of likely N-dealkylation sites (tertiary alicyclic amines) is 1. The highest BCUT2D eigenvalue weighted by molar-refractivity contribution is 7.89. The van der Waals surface area contributed by atoms with Crippen molar-refractivity contribution in [3.63, 3.8) is 0 Å². The van der Waals surface area contributed by atoms with E-state index in [0.717, 1.165) is 26.1 Å². The van der Waals surface area contributed by atoms with Crippen LogP contribution < -0.4 is 0 Å². The van der Waals surface area contributed by atoms with Crippen LogP contribution in [0, 0.1) is 5.92 Å². The molecular weight excluding hydrogens is 328 g/mol. The fourth-order valence-electron chi connectivity index (χ4n) is 3.92. The van der Waals surface area contributed by atoms with E-state index in [1.165, 1.54) is 0 Å². The van der Waals surface area contributed by atoms with Gasteiger partial charge in [-0.3, -0.25) is 4.90 Å². The SMILES string of the molecule is COCCN1C[C@@H]2[C@@H](OC)CCN(S(=O)(=O)c3ccccc3)[C@@H]2C1. The maximum absolute atomic E-state index is 13.1. The molecule has 1 aromatic rings. The van der Waals surface area contributed by atoms with Crippen LogP contribution in [0.5, 0.6) is 0 Å². The van der Waals surface area contributed by atoms with Crippen LogP contribution in [0.25, 0.3) is 0 Å². The van der Waals surface area contributed by atoms with Crippen LogP contribution in [0.15, 0.2) is 35.2 Å². The highest BCUT2D eigenvalue weighted by Crippen LogP contribution is 2.35. The molecule has 0 saturated carbocycles. The average molecular weight is 354 g/mol. The van der Waals surface area contributed by atoms with Gasteiger partial charge in [0.1, 0.15) is 0 Å². The Labute approximate surface area is 144 Å². The zero-order valence-corrected chi connectivity index (χ0v) is 15.1. The van der Waals surface area contributed by atoms with Crippen molar-refractivity contribution < 1.29 is 17.9 Å². The quantitative estimate of drug-likeness (QED) is 0.764. The van der Waals surface area contributed by atoms with Gasteiger partial charge in [0.2, 0.25) is 10.0 Å². The van der Waals surface area contributed by atoms with E-state index in [1.807, 2.05) is 6.07 Å². The van der Waals surface area contributed by atoms with Gasteiger partial charge in [0.25, 0.3) is 0 Å². The average Bonchev–Trinajstić information content (AvgIpc) is 3.03. The first-order valence-corrected chi connectivity index (χ1v) is 9.83. The third-order valence-electron chi connectivity index (χ3n) is 5.15. The zero-order valence-electron chi connectivity index (χ0n) is 14.3. The maximum Gasteiger partial charge on any atom is 0.243 e. The molecule has 0 aliphatic carbocycles. The summed E-state index contributed by atoms with van der Waals surface area (Å²) in [7, 11) is -0.0611. The number of nitrogens with zero attached hydrogens (tertiary/aromatic N) is 2. The summed E-state index contributed by atoms with van der Waals surface area (Å²) in [6.07, 6.45) is 0.853. The molecule has 2 heterocycles. The number of fused-ring (bicyclic) bond motifs is 1. The first-order valence-electron chi connectivity index (χ1n) is 8.39. The number of methoxy groups -OCH3 is 2. The molecule has 2 aliphatic rings. The molecule has 0 N–H and O–H groups in total. The molecule has 6 nitrogen and oxygen atoms in total. The van der Waals surface area contributed by atoms with Gasteiger partial charge in [-0.15, -0.1) is 0 Å². The van der Waals surface area contributed by atoms with Gasteiger partial charge in [-0.05, 0) is 18.6 Å². The molecule has 0 radical (unpaired) electrons. The highest BCUT2D eigenvalue weighted by atomic mass is 32.2. The van der Waals surface area contributed by atoms with Crippen LogP contribution in [0.2, 0.25) is 0 Å². The summed E-state index contributed by atoms with van der Waals surface area (Å²) in [5.74, 6) is 0.207. The Bertz CT molecular complexity index is 637. The van der Waals surface area contributed by atoms with Gasteiger partial charge in [-0.25, -0.2) is 8.42 Å². The fraction of sp³-hybridized carbons (Fsp3) is 0.647. The molecule has 3 atom stereocenters. The molecule has 7 heteroatoms. The van der Waals surface area contributed by atoms with E-state index in [4.69, 9.17) is 9.47 Å². The van der Waals surface area contributed by atoms with Crippen LogP contribution >= 0.6 is 0 Å². The molecule has 134 valence electrons. The Morgan fingerprint density at radius 2 is 1.92 bits per heavy atom. The fourth-order valence-corrected chi connectivity index (χ4v) is 5.62. The van der Waals surface area contributed by atoms with Crippen molar-refractivity contribution in [1.29, 1.82) is 0 Å². The van der Waals surface area contributed by atoms with Gasteiger partial charge >= 0.3 is 0 Å². The molecular formula is C17H26N2O4S. The van der Waals surface area contributed by atoms with E-state index < -0.39 is 10.0 Å². The topological polar surface area (TPSA) is 59.1 Å². The summed E-state index contributed by atoms with van der Waals surface area (Å²) >= 11 is 0. The largest absolute Gasteiger partial charge is 0.383 e. The summed E-state index contributed by atoms with van der Waals surface area (Å²) < 4.78 is 38.7. The molecule has 2 aliphatic heterocycles. The Morgan fingerprint density at radius 1 is 1.17 bits per heavy atom. The Kier molecular flexibility index (Phi) is 5.56. The second-order valence-electron chi connectivity index (χ2n) is 6.48. The molecule has 2 fully saturated rings. The number of hydrogen-bond acceptors (Lipinski definition) is 5. The number of benzene rings is 1. The van der Waals surface area contributed by atoms with Gasteiger partial charge < -0.3 is 9.47 Å². The van der Waals surface area contributed by atoms with Gasteiger partial charge in [0.05, 0.1) is 17.6 Å². The lowest BCUT2D eigenvalue weighted by atomic mass is 9.91. The van der Waals surface area contributed by atoms with Crippen molar-refractivity contribution in [2.24, 2.45) is 5.92 Å². The van der Waals surface area contributed by atoms with Crippen LogP contribution in [0.3, 0.4) is 0 Å². The summed E-state index contributed by atoms with van der Waals surface area (Å²) in [4.78, 5) is 2.65. The van der Waals surface area contributed by atoms with Gasteiger partial charge in [-0.1, -0.05) is 18.2 Å². The minimum absolute atomic E-state index is 0.0363. The molecule has 0 unspecified atom stereocenters. The summed E-state index contributed by atoms with van der Waals surface area (Å²) in [5, 5.41) is 0. The van der Waals surface area contributed by atoms with Gasteiger partial charge in [0, 0.05) is 52.4 Å². The van der Waals surface area contributed by atoms with Crippen molar-refractivity contribution in [2.45, 2.75) is 23.5 Å². The predicted octanol–water partition coefficient (Wildman–Crippen LogP) is 1.04. The number of hydrogen-bond donors (Lipinski definition) is 0. The van der Waals surface area contributed by atoms with E-state index in [0.29, 0.717) is 18.0 Å². The zero-order chi connectivity index (χ0) is 17.2. The minimum Gasteiger partial charge on any atom is -0.383 e. The standard InChI is InChI=1S/C17H26N2O4S/c1-22-11-10-18-12-15-16(13-18)19(9-8-17(15)23-2)24(20,21)14-6-4-3-5-7-14/h3-7,15-17H,8-13H2,1-2H3/t15-,16+,17-/m0/s1. The number of rotatable bonds is 6. The normalized spacial score (nSPS) is 28.8. The second-order valence-corrected chi connectivity index (χ2v) is 8.37. The summed E-state index contributed by atoms with van der Waals surface area (Å²) in [5.41, 5.74) is 0. The Balaban J connectivity index is 1.84. The van der Waals surface area contributed by atoms with Crippen LogP contribution in [0.1, 0.15) is 6.42 Å². The second kappa shape index (κ2) is 7.49. The third kappa shape index (κ3) is 3.36. The number of sulfonamides is 1.